The minimum atomic E-state index is -0.257. The Labute approximate surface area is 113 Å². The van der Waals surface area contributed by atoms with Gasteiger partial charge in [-0.25, -0.2) is 9.78 Å². The van der Waals surface area contributed by atoms with E-state index in [0.29, 0.717) is 16.2 Å². The molecule has 0 aromatic carbocycles. The Balaban J connectivity index is 2.13. The van der Waals surface area contributed by atoms with Crippen LogP contribution in [-0.4, -0.2) is 18.1 Å². The molecule has 1 aromatic heterocycles. The minimum Gasteiger partial charge on any atom is -0.465 e. The number of esters is 1. The van der Waals surface area contributed by atoms with Crippen molar-refractivity contribution in [1.29, 1.82) is 0 Å². The van der Waals surface area contributed by atoms with Gasteiger partial charge in [-0.05, 0) is 38.0 Å². The molecule has 2 rings (SSSR count). The van der Waals surface area contributed by atoms with E-state index in [2.05, 4.69) is 18.8 Å². The van der Waals surface area contributed by atoms with Crippen LogP contribution < -0.4 is 0 Å². The van der Waals surface area contributed by atoms with E-state index < -0.39 is 0 Å². The fourth-order valence-electron chi connectivity index (χ4n) is 2.52. The second-order valence-corrected chi connectivity index (χ2v) is 6.93. The maximum absolute atomic E-state index is 11.6. The van der Waals surface area contributed by atoms with Gasteiger partial charge in [-0.3, -0.25) is 0 Å². The maximum atomic E-state index is 11.6. The van der Waals surface area contributed by atoms with Crippen LogP contribution in [0.1, 0.15) is 65.8 Å². The molecule has 1 fully saturated rings. The van der Waals surface area contributed by atoms with E-state index in [-0.39, 0.29) is 5.97 Å². The molecule has 0 radical (unpaired) electrons. The second kappa shape index (κ2) is 5.00. The monoisotopic (exact) mass is 267 g/mol. The zero-order valence-electron chi connectivity index (χ0n) is 11.6. The van der Waals surface area contributed by atoms with Gasteiger partial charge in [0.25, 0.3) is 0 Å². The largest absolute Gasteiger partial charge is 0.465 e. The van der Waals surface area contributed by atoms with Crippen LogP contribution in [0, 0.1) is 12.3 Å². The van der Waals surface area contributed by atoms with Gasteiger partial charge in [-0.15, -0.1) is 11.3 Å². The van der Waals surface area contributed by atoms with E-state index in [4.69, 9.17) is 4.74 Å². The van der Waals surface area contributed by atoms with Gasteiger partial charge in [0.1, 0.15) is 4.88 Å². The Morgan fingerprint density at radius 3 is 2.56 bits per heavy atom. The van der Waals surface area contributed by atoms with Crippen molar-refractivity contribution in [3.05, 3.63) is 15.6 Å². The summed E-state index contributed by atoms with van der Waals surface area (Å²) in [7, 11) is 1.42. The first-order valence-corrected chi connectivity index (χ1v) is 7.30. The highest BCUT2D eigenvalue weighted by molar-refractivity contribution is 7.13. The number of aryl methyl sites for hydroxylation is 1. The number of carbonyl (C=O) groups excluding carboxylic acids is 1. The summed E-state index contributed by atoms with van der Waals surface area (Å²) in [6, 6.07) is 0. The summed E-state index contributed by atoms with van der Waals surface area (Å²) < 4.78 is 4.78. The molecule has 1 aliphatic carbocycles. The Morgan fingerprint density at radius 2 is 2.00 bits per heavy atom. The molecule has 0 saturated heterocycles. The summed E-state index contributed by atoms with van der Waals surface area (Å²) in [4.78, 5) is 16.8. The molecule has 100 valence electrons. The highest BCUT2D eigenvalue weighted by atomic mass is 32.1. The molecule has 1 heterocycles. The molecule has 0 bridgehead atoms. The van der Waals surface area contributed by atoms with Crippen LogP contribution in [0.2, 0.25) is 0 Å². The van der Waals surface area contributed by atoms with Gasteiger partial charge in [0.15, 0.2) is 0 Å². The van der Waals surface area contributed by atoms with Gasteiger partial charge in [0, 0.05) is 5.92 Å². The number of ether oxygens (including phenoxy) is 1. The van der Waals surface area contributed by atoms with Gasteiger partial charge < -0.3 is 4.74 Å². The van der Waals surface area contributed by atoms with Crippen molar-refractivity contribution in [1.82, 2.24) is 4.98 Å². The summed E-state index contributed by atoms with van der Waals surface area (Å²) in [6.07, 6.45) is 4.84. The normalized spacial score (nSPS) is 19.8. The molecule has 1 aromatic rings. The van der Waals surface area contributed by atoms with Gasteiger partial charge in [-0.2, -0.15) is 0 Å². The van der Waals surface area contributed by atoms with Crippen LogP contribution in [0.25, 0.3) is 0 Å². The van der Waals surface area contributed by atoms with Crippen LogP contribution in [0.5, 0.6) is 0 Å². The third-order valence-electron chi connectivity index (χ3n) is 3.87. The van der Waals surface area contributed by atoms with Crippen molar-refractivity contribution in [2.45, 2.75) is 52.4 Å². The van der Waals surface area contributed by atoms with Crippen molar-refractivity contribution < 1.29 is 9.53 Å². The lowest BCUT2D eigenvalue weighted by molar-refractivity contribution is 0.0605. The van der Waals surface area contributed by atoms with Crippen LogP contribution in [0.3, 0.4) is 0 Å². The Morgan fingerprint density at radius 1 is 1.39 bits per heavy atom. The molecule has 4 heteroatoms. The topological polar surface area (TPSA) is 39.2 Å². The van der Waals surface area contributed by atoms with E-state index in [0.717, 1.165) is 10.7 Å². The predicted molar refractivity (Wildman–Crippen MR) is 73.2 cm³/mol. The molecular formula is C14H21NO2S. The number of thiazole rings is 1. The van der Waals surface area contributed by atoms with Gasteiger partial charge in [0.2, 0.25) is 0 Å². The first kappa shape index (κ1) is 13.5. The molecule has 1 aliphatic rings. The number of methoxy groups -OCH3 is 1. The van der Waals surface area contributed by atoms with Gasteiger partial charge in [-0.1, -0.05) is 13.8 Å². The number of aromatic nitrogens is 1. The Hall–Kier alpha value is -0.900. The lowest BCUT2D eigenvalue weighted by Gasteiger charge is -2.33. The SMILES string of the molecule is COC(=O)c1sc(C2CCC(C)(C)CC2)nc1C. The minimum absolute atomic E-state index is 0.257. The number of hydrogen-bond donors (Lipinski definition) is 0. The average molecular weight is 267 g/mol. The standard InChI is InChI=1S/C14H21NO2S/c1-9-11(13(16)17-4)18-12(15-9)10-5-7-14(2,3)8-6-10/h10H,5-8H2,1-4H3. The summed E-state index contributed by atoms with van der Waals surface area (Å²) in [6.45, 7) is 6.55. The Bertz CT molecular complexity index is 441. The highest BCUT2D eigenvalue weighted by Gasteiger charge is 2.30. The fraction of sp³-hybridized carbons (Fsp3) is 0.714. The van der Waals surface area contributed by atoms with Crippen LogP contribution in [0.4, 0.5) is 0 Å². The molecular weight excluding hydrogens is 246 g/mol. The highest BCUT2D eigenvalue weighted by Crippen LogP contribution is 2.43. The molecule has 0 spiro atoms. The van der Waals surface area contributed by atoms with Gasteiger partial charge in [0.05, 0.1) is 17.8 Å². The van der Waals surface area contributed by atoms with Crippen LogP contribution >= 0.6 is 11.3 Å². The van der Waals surface area contributed by atoms with Crippen molar-refractivity contribution in [2.24, 2.45) is 5.41 Å². The van der Waals surface area contributed by atoms with Crippen LogP contribution in [-0.2, 0) is 4.74 Å². The van der Waals surface area contributed by atoms with Crippen LogP contribution in [0.15, 0.2) is 0 Å². The first-order valence-electron chi connectivity index (χ1n) is 6.48. The molecule has 3 nitrogen and oxygen atoms in total. The van der Waals surface area contributed by atoms with Crippen molar-refractivity contribution >= 4 is 17.3 Å². The number of rotatable bonds is 2. The summed E-state index contributed by atoms with van der Waals surface area (Å²) >= 11 is 1.51. The zero-order chi connectivity index (χ0) is 13.3. The molecule has 0 aliphatic heterocycles. The third kappa shape index (κ3) is 2.74. The molecule has 0 atom stereocenters. The Kier molecular flexibility index (Phi) is 3.76. The van der Waals surface area contributed by atoms with E-state index in [1.807, 2.05) is 6.92 Å². The molecule has 0 N–H and O–H groups in total. The number of hydrogen-bond acceptors (Lipinski definition) is 4. The molecule has 1 saturated carbocycles. The average Bonchev–Trinajstić information content (AvgIpc) is 2.70. The number of carbonyl (C=O) groups is 1. The van der Waals surface area contributed by atoms with Crippen molar-refractivity contribution in [3.8, 4) is 0 Å². The third-order valence-corrected chi connectivity index (χ3v) is 5.17. The first-order chi connectivity index (χ1) is 8.43. The van der Waals surface area contributed by atoms with E-state index in [9.17, 15) is 4.79 Å². The lowest BCUT2D eigenvalue weighted by Crippen LogP contribution is -2.20. The quantitative estimate of drug-likeness (QED) is 0.762. The summed E-state index contributed by atoms with van der Waals surface area (Å²) in [5.41, 5.74) is 1.28. The lowest BCUT2D eigenvalue weighted by atomic mass is 9.73. The van der Waals surface area contributed by atoms with E-state index in [1.165, 1.54) is 44.1 Å². The maximum Gasteiger partial charge on any atom is 0.349 e. The summed E-state index contributed by atoms with van der Waals surface area (Å²) in [5.74, 6) is 0.271. The zero-order valence-corrected chi connectivity index (χ0v) is 12.4. The van der Waals surface area contributed by atoms with E-state index >= 15 is 0 Å². The number of nitrogens with zero attached hydrogens (tertiary/aromatic N) is 1. The summed E-state index contributed by atoms with van der Waals surface area (Å²) in [5, 5.41) is 1.11. The van der Waals surface area contributed by atoms with E-state index in [1.54, 1.807) is 0 Å². The molecule has 0 amide bonds. The molecule has 18 heavy (non-hydrogen) atoms. The smallest absolute Gasteiger partial charge is 0.349 e. The van der Waals surface area contributed by atoms with Crippen molar-refractivity contribution in [3.63, 3.8) is 0 Å². The predicted octanol–water partition coefficient (Wildman–Crippen LogP) is 3.92. The van der Waals surface area contributed by atoms with Gasteiger partial charge >= 0.3 is 5.97 Å². The van der Waals surface area contributed by atoms with Crippen molar-refractivity contribution in [2.75, 3.05) is 7.11 Å². The second-order valence-electron chi connectivity index (χ2n) is 5.90. The fourth-order valence-corrected chi connectivity index (χ4v) is 3.67. The molecule has 0 unspecified atom stereocenters.